The molecule has 3 rings (SSSR count). The number of piperidine rings is 1. The third kappa shape index (κ3) is 3.30. The van der Waals surface area contributed by atoms with Crippen molar-refractivity contribution in [2.45, 2.75) is 39.3 Å². The van der Waals surface area contributed by atoms with Gasteiger partial charge < -0.3 is 15.0 Å². The van der Waals surface area contributed by atoms with Crippen LogP contribution in [0.2, 0.25) is 0 Å². The minimum absolute atomic E-state index is 0.0441. The maximum Gasteiger partial charge on any atom is 0.219 e. The van der Waals surface area contributed by atoms with Gasteiger partial charge in [0, 0.05) is 53.0 Å². The molecule has 26 heavy (non-hydrogen) atoms. The van der Waals surface area contributed by atoms with Crippen molar-refractivity contribution in [2.75, 3.05) is 33.3 Å². The summed E-state index contributed by atoms with van der Waals surface area (Å²) in [5.74, 6) is 1.09. The van der Waals surface area contributed by atoms with E-state index in [2.05, 4.69) is 15.3 Å². The number of hydrogen-bond donors (Lipinski definition) is 1. The van der Waals surface area contributed by atoms with Crippen LogP contribution in [0.3, 0.4) is 0 Å². The molecule has 0 saturated carbocycles. The van der Waals surface area contributed by atoms with Gasteiger partial charge in [-0.25, -0.2) is 4.68 Å². The van der Waals surface area contributed by atoms with Gasteiger partial charge in [-0.3, -0.25) is 14.5 Å². The first-order valence-electron chi connectivity index (χ1n) is 9.09. The number of rotatable bonds is 4. The first-order valence-corrected chi connectivity index (χ1v) is 9.09. The molecule has 0 bridgehead atoms. The fraction of sp³-hybridized carbons (Fsp3) is 0.722. The molecule has 0 aliphatic carbocycles. The van der Waals surface area contributed by atoms with E-state index in [0.29, 0.717) is 12.5 Å². The Labute approximate surface area is 154 Å². The summed E-state index contributed by atoms with van der Waals surface area (Å²) in [5, 5.41) is 7.64. The van der Waals surface area contributed by atoms with Crippen LogP contribution in [0, 0.1) is 12.8 Å². The Morgan fingerprint density at radius 3 is 2.69 bits per heavy atom. The van der Waals surface area contributed by atoms with E-state index in [1.807, 2.05) is 18.9 Å². The molecule has 0 spiro atoms. The van der Waals surface area contributed by atoms with Crippen LogP contribution in [0.5, 0.6) is 5.88 Å². The highest BCUT2D eigenvalue weighted by atomic mass is 16.5. The highest BCUT2D eigenvalue weighted by Crippen LogP contribution is 2.36. The number of amides is 2. The van der Waals surface area contributed by atoms with E-state index >= 15 is 0 Å². The topological polar surface area (TPSA) is 79.7 Å². The van der Waals surface area contributed by atoms with Crippen molar-refractivity contribution >= 4 is 11.8 Å². The first kappa shape index (κ1) is 18.7. The Kier molecular flexibility index (Phi) is 4.96. The van der Waals surface area contributed by atoms with Crippen molar-refractivity contribution in [1.82, 2.24) is 24.9 Å². The van der Waals surface area contributed by atoms with Gasteiger partial charge in [-0.1, -0.05) is 0 Å². The zero-order chi connectivity index (χ0) is 19.1. The molecule has 2 aliphatic rings. The number of nitrogens with zero attached hydrogens (tertiary/aromatic N) is 4. The van der Waals surface area contributed by atoms with Gasteiger partial charge in [0.2, 0.25) is 17.7 Å². The summed E-state index contributed by atoms with van der Waals surface area (Å²) in [6.45, 7) is 8.80. The Hall–Kier alpha value is -2.09. The van der Waals surface area contributed by atoms with Crippen molar-refractivity contribution in [2.24, 2.45) is 13.0 Å². The van der Waals surface area contributed by atoms with Gasteiger partial charge in [0.15, 0.2) is 0 Å². The fourth-order valence-corrected chi connectivity index (χ4v) is 4.59. The molecule has 2 fully saturated rings. The number of aromatic nitrogens is 2. The van der Waals surface area contributed by atoms with Crippen molar-refractivity contribution in [1.29, 1.82) is 0 Å². The van der Waals surface area contributed by atoms with Crippen molar-refractivity contribution < 1.29 is 14.3 Å². The summed E-state index contributed by atoms with van der Waals surface area (Å²) in [7, 11) is 3.54. The monoisotopic (exact) mass is 363 g/mol. The van der Waals surface area contributed by atoms with Gasteiger partial charge in [0.05, 0.1) is 23.9 Å². The maximum atomic E-state index is 11.9. The van der Waals surface area contributed by atoms with Crippen molar-refractivity contribution in [3.8, 4) is 5.88 Å². The van der Waals surface area contributed by atoms with E-state index < -0.39 is 0 Å². The number of carbonyl (C=O) groups excluding carboxylic acids is 2. The zero-order valence-corrected chi connectivity index (χ0v) is 16.3. The average Bonchev–Trinajstić information content (AvgIpc) is 3.04. The zero-order valence-electron chi connectivity index (χ0n) is 16.3. The van der Waals surface area contributed by atoms with E-state index in [0.717, 1.165) is 49.7 Å². The third-order valence-electron chi connectivity index (χ3n) is 5.73. The molecule has 8 nitrogen and oxygen atoms in total. The van der Waals surface area contributed by atoms with Crippen LogP contribution in [0.25, 0.3) is 0 Å². The lowest BCUT2D eigenvalue weighted by Gasteiger charge is -2.44. The molecule has 144 valence electrons. The molecule has 1 aromatic heterocycles. The van der Waals surface area contributed by atoms with E-state index in [-0.39, 0.29) is 17.4 Å². The minimum Gasteiger partial charge on any atom is -0.481 e. The highest BCUT2D eigenvalue weighted by molar-refractivity contribution is 5.76. The van der Waals surface area contributed by atoms with E-state index in [1.54, 1.807) is 25.6 Å². The van der Waals surface area contributed by atoms with Crippen LogP contribution in [-0.2, 0) is 23.2 Å². The minimum atomic E-state index is -0.376. The summed E-state index contributed by atoms with van der Waals surface area (Å²) in [5.41, 5.74) is 1.66. The quantitative estimate of drug-likeness (QED) is 0.832. The number of fused-ring (bicyclic) bond motifs is 1. The lowest BCUT2D eigenvalue weighted by molar-refractivity contribution is -0.128. The number of hydrogen-bond acceptors (Lipinski definition) is 5. The van der Waals surface area contributed by atoms with E-state index in [4.69, 9.17) is 4.74 Å². The number of carbonyl (C=O) groups is 2. The number of likely N-dealkylation sites (tertiary alicyclic amines) is 2. The smallest absolute Gasteiger partial charge is 0.219 e. The van der Waals surface area contributed by atoms with Gasteiger partial charge in [0.25, 0.3) is 0 Å². The van der Waals surface area contributed by atoms with Gasteiger partial charge in [0.1, 0.15) is 0 Å². The molecule has 3 heterocycles. The van der Waals surface area contributed by atoms with Crippen LogP contribution < -0.4 is 10.1 Å². The van der Waals surface area contributed by atoms with Crippen molar-refractivity contribution in [3.05, 3.63) is 11.3 Å². The molecule has 2 amide bonds. The Morgan fingerprint density at radius 2 is 2.08 bits per heavy atom. The van der Waals surface area contributed by atoms with Crippen molar-refractivity contribution in [3.63, 3.8) is 0 Å². The number of aryl methyl sites for hydroxylation is 2. The molecule has 0 unspecified atom stereocenters. The summed E-state index contributed by atoms with van der Waals surface area (Å²) >= 11 is 0. The van der Waals surface area contributed by atoms with E-state index in [1.165, 1.54) is 0 Å². The Morgan fingerprint density at radius 1 is 1.35 bits per heavy atom. The SMILES string of the molecule is COc1c(CN2CC[C@@H]3CN(C(C)=O)C[C@]3(NC(C)=O)C2)c(C)nn1C. The lowest BCUT2D eigenvalue weighted by Crippen LogP contribution is -2.63. The Balaban J connectivity index is 1.82. The molecule has 0 radical (unpaired) electrons. The normalized spacial score (nSPS) is 25.9. The van der Waals surface area contributed by atoms with Gasteiger partial charge in [-0.2, -0.15) is 5.10 Å². The number of nitrogens with one attached hydrogen (secondary N) is 1. The van der Waals surface area contributed by atoms with E-state index in [9.17, 15) is 9.59 Å². The third-order valence-corrected chi connectivity index (χ3v) is 5.73. The van der Waals surface area contributed by atoms with Crippen LogP contribution >= 0.6 is 0 Å². The first-order chi connectivity index (χ1) is 12.3. The Bertz CT molecular complexity index is 716. The van der Waals surface area contributed by atoms with Gasteiger partial charge in [-0.05, 0) is 19.9 Å². The molecule has 2 atom stereocenters. The fourth-order valence-electron chi connectivity index (χ4n) is 4.59. The predicted molar refractivity (Wildman–Crippen MR) is 96.7 cm³/mol. The highest BCUT2D eigenvalue weighted by Gasteiger charge is 2.51. The summed E-state index contributed by atoms with van der Waals surface area (Å²) in [6, 6.07) is 0. The molecule has 8 heteroatoms. The molecular weight excluding hydrogens is 334 g/mol. The van der Waals surface area contributed by atoms with Crippen LogP contribution in [0.15, 0.2) is 0 Å². The van der Waals surface area contributed by atoms with Gasteiger partial charge >= 0.3 is 0 Å². The molecular formula is C18H29N5O3. The summed E-state index contributed by atoms with van der Waals surface area (Å²) in [4.78, 5) is 28.0. The van der Waals surface area contributed by atoms with Crippen LogP contribution in [0.1, 0.15) is 31.5 Å². The predicted octanol–water partition coefficient (Wildman–Crippen LogP) is 0.296. The molecule has 2 saturated heterocycles. The summed E-state index contributed by atoms with van der Waals surface area (Å²) < 4.78 is 7.27. The molecule has 1 N–H and O–H groups in total. The average molecular weight is 363 g/mol. The second-order valence-corrected chi connectivity index (χ2v) is 7.63. The lowest BCUT2D eigenvalue weighted by atomic mass is 9.80. The second kappa shape index (κ2) is 6.90. The van der Waals surface area contributed by atoms with Crippen LogP contribution in [-0.4, -0.2) is 70.2 Å². The largest absolute Gasteiger partial charge is 0.481 e. The van der Waals surface area contributed by atoms with Crippen LogP contribution in [0.4, 0.5) is 0 Å². The van der Waals surface area contributed by atoms with Gasteiger partial charge in [-0.15, -0.1) is 0 Å². The maximum absolute atomic E-state index is 11.9. The second-order valence-electron chi connectivity index (χ2n) is 7.63. The number of methoxy groups -OCH3 is 1. The molecule has 1 aromatic rings. The molecule has 2 aliphatic heterocycles. The molecule has 0 aromatic carbocycles. The summed E-state index contributed by atoms with van der Waals surface area (Å²) in [6.07, 6.45) is 0.950. The number of ether oxygens (including phenoxy) is 1. The standard InChI is InChI=1S/C18H29N5O3/c1-12-16(17(26-5)21(4)20-12)9-22-7-6-15-8-23(14(3)25)11-18(15,10-22)19-13(2)24/h15H,6-11H2,1-5H3,(H,19,24)/t15-,18-/m1/s1.